The van der Waals surface area contributed by atoms with Crippen LogP contribution in [0.1, 0.15) is 36.8 Å². The topological polar surface area (TPSA) is 81.8 Å². The number of rotatable bonds is 4. The van der Waals surface area contributed by atoms with E-state index in [2.05, 4.69) is 15.5 Å². The number of anilines is 2. The van der Waals surface area contributed by atoms with Crippen molar-refractivity contribution in [2.75, 3.05) is 29.9 Å². The van der Waals surface area contributed by atoms with Crippen molar-refractivity contribution in [3.63, 3.8) is 0 Å². The van der Waals surface area contributed by atoms with Gasteiger partial charge in [0, 0.05) is 18.1 Å². The second-order valence-electron chi connectivity index (χ2n) is 8.64. The Bertz CT molecular complexity index is 1100. The Labute approximate surface area is 191 Å². The first-order valence-corrected chi connectivity index (χ1v) is 11.4. The number of fused-ring (bicyclic) bond motifs is 2. The molecule has 1 spiro atoms. The summed E-state index contributed by atoms with van der Waals surface area (Å²) in [6, 6.07) is 12.5. The predicted molar refractivity (Wildman–Crippen MR) is 123 cm³/mol. The molecule has 1 aliphatic carbocycles. The number of halogens is 1. The summed E-state index contributed by atoms with van der Waals surface area (Å²) >= 11 is 6.19. The minimum atomic E-state index is -1.07. The molecule has 8 heteroatoms. The average molecular weight is 453 g/mol. The molecule has 4 amide bonds. The fourth-order valence-corrected chi connectivity index (χ4v) is 5.26. The van der Waals surface area contributed by atoms with Crippen molar-refractivity contribution >= 4 is 40.8 Å². The van der Waals surface area contributed by atoms with Crippen LogP contribution < -0.4 is 15.5 Å². The molecule has 2 fully saturated rings. The number of carbonyl (C=O) groups excluding carboxylic acids is 3. The zero-order valence-corrected chi connectivity index (χ0v) is 18.5. The van der Waals surface area contributed by atoms with E-state index in [-0.39, 0.29) is 12.5 Å². The van der Waals surface area contributed by atoms with Gasteiger partial charge in [-0.2, -0.15) is 0 Å². The Morgan fingerprint density at radius 2 is 1.88 bits per heavy atom. The molecule has 32 heavy (non-hydrogen) atoms. The van der Waals surface area contributed by atoms with Gasteiger partial charge in [0.2, 0.25) is 5.91 Å². The van der Waals surface area contributed by atoms with Gasteiger partial charge in [0.1, 0.15) is 12.1 Å². The van der Waals surface area contributed by atoms with E-state index < -0.39 is 17.5 Å². The highest BCUT2D eigenvalue weighted by Crippen LogP contribution is 2.41. The highest BCUT2D eigenvalue weighted by atomic mass is 35.5. The Morgan fingerprint density at radius 3 is 2.69 bits per heavy atom. The van der Waals surface area contributed by atoms with Crippen LogP contribution in [0.15, 0.2) is 42.5 Å². The minimum absolute atomic E-state index is 0.347. The molecule has 7 nitrogen and oxygen atoms in total. The molecule has 2 aromatic rings. The molecule has 1 atom stereocenters. The summed E-state index contributed by atoms with van der Waals surface area (Å²) in [6.45, 7) is 1.49. The molecule has 5 rings (SSSR count). The molecule has 166 valence electrons. The highest BCUT2D eigenvalue weighted by molar-refractivity contribution is 6.31. The monoisotopic (exact) mass is 452 g/mol. The first kappa shape index (κ1) is 20.8. The van der Waals surface area contributed by atoms with Crippen LogP contribution in [0.4, 0.5) is 16.2 Å². The van der Waals surface area contributed by atoms with Gasteiger partial charge >= 0.3 is 6.03 Å². The quantitative estimate of drug-likeness (QED) is 0.693. The van der Waals surface area contributed by atoms with Crippen LogP contribution in [-0.4, -0.2) is 42.4 Å². The number of nitrogens with zero attached hydrogens (tertiary/aromatic N) is 2. The van der Waals surface area contributed by atoms with Crippen LogP contribution >= 0.6 is 11.6 Å². The lowest BCUT2D eigenvalue weighted by molar-refractivity contribution is -0.134. The SMILES string of the molecule is O=C(CN1C(=O)NC2(CCc3ccccc32)C1=O)Nc1cc(Cl)ccc1N1CCCCC1. The second kappa shape index (κ2) is 8.13. The van der Waals surface area contributed by atoms with Crippen molar-refractivity contribution in [3.05, 3.63) is 58.6 Å². The fourth-order valence-electron chi connectivity index (χ4n) is 5.09. The van der Waals surface area contributed by atoms with Gasteiger partial charge in [-0.1, -0.05) is 35.9 Å². The number of aryl methyl sites for hydroxylation is 1. The van der Waals surface area contributed by atoms with Gasteiger partial charge < -0.3 is 15.5 Å². The van der Waals surface area contributed by atoms with E-state index in [1.165, 1.54) is 6.42 Å². The summed E-state index contributed by atoms with van der Waals surface area (Å²) in [6.07, 6.45) is 4.61. The molecule has 3 aliphatic rings. The van der Waals surface area contributed by atoms with Crippen LogP contribution in [0.2, 0.25) is 5.02 Å². The van der Waals surface area contributed by atoms with Crippen molar-refractivity contribution in [1.82, 2.24) is 10.2 Å². The first-order valence-electron chi connectivity index (χ1n) is 11.0. The minimum Gasteiger partial charge on any atom is -0.370 e. The lowest BCUT2D eigenvalue weighted by Gasteiger charge is -2.30. The molecule has 2 N–H and O–H groups in total. The largest absolute Gasteiger partial charge is 0.370 e. The smallest absolute Gasteiger partial charge is 0.325 e. The summed E-state index contributed by atoms with van der Waals surface area (Å²) in [7, 11) is 0. The molecule has 0 radical (unpaired) electrons. The van der Waals surface area contributed by atoms with Gasteiger partial charge in [-0.15, -0.1) is 0 Å². The molecule has 2 aromatic carbocycles. The second-order valence-corrected chi connectivity index (χ2v) is 9.08. The number of nitrogens with one attached hydrogen (secondary N) is 2. The molecule has 2 saturated heterocycles. The number of urea groups is 1. The van der Waals surface area contributed by atoms with E-state index in [1.54, 1.807) is 12.1 Å². The summed E-state index contributed by atoms with van der Waals surface area (Å²) in [4.78, 5) is 42.1. The third-order valence-electron chi connectivity index (χ3n) is 6.65. The summed E-state index contributed by atoms with van der Waals surface area (Å²) < 4.78 is 0. The van der Waals surface area contributed by atoms with Gasteiger partial charge in [0.25, 0.3) is 5.91 Å². The van der Waals surface area contributed by atoms with Crippen LogP contribution in [-0.2, 0) is 21.5 Å². The standard InChI is InChI=1S/C24H25ClN4O3/c25-17-8-9-20(28-12-4-1-5-13-28)19(14-17)26-21(30)15-29-22(31)24(27-23(29)32)11-10-16-6-2-3-7-18(16)24/h2-3,6-9,14H,1,4-5,10-13,15H2,(H,26,30)(H,27,32). The highest BCUT2D eigenvalue weighted by Gasteiger charge is 2.55. The van der Waals surface area contributed by atoms with Crippen LogP contribution in [0.3, 0.4) is 0 Å². The number of benzene rings is 2. The molecule has 1 unspecified atom stereocenters. The number of hydrogen-bond donors (Lipinski definition) is 2. The Kier molecular flexibility index (Phi) is 5.29. The Balaban J connectivity index is 1.34. The van der Waals surface area contributed by atoms with Crippen LogP contribution in [0.5, 0.6) is 0 Å². The van der Waals surface area contributed by atoms with E-state index in [0.717, 1.165) is 47.6 Å². The third kappa shape index (κ3) is 3.50. The molecule has 0 saturated carbocycles. The molecular weight excluding hydrogens is 428 g/mol. The van der Waals surface area contributed by atoms with Gasteiger partial charge in [0.05, 0.1) is 11.4 Å². The van der Waals surface area contributed by atoms with Gasteiger partial charge in [0.15, 0.2) is 0 Å². The number of imide groups is 1. The van der Waals surface area contributed by atoms with Gasteiger partial charge in [-0.05, 0) is 61.4 Å². The van der Waals surface area contributed by atoms with Crippen LogP contribution in [0, 0.1) is 0 Å². The van der Waals surface area contributed by atoms with Gasteiger partial charge in [-0.25, -0.2) is 4.79 Å². The summed E-state index contributed by atoms with van der Waals surface area (Å²) in [5.41, 5.74) is 2.31. The third-order valence-corrected chi connectivity index (χ3v) is 6.89. The molecule has 0 bridgehead atoms. The van der Waals surface area contributed by atoms with Crippen LogP contribution in [0.25, 0.3) is 0 Å². The first-order chi connectivity index (χ1) is 15.5. The predicted octanol–water partition coefficient (Wildman–Crippen LogP) is 3.66. The van der Waals surface area contributed by atoms with E-state index >= 15 is 0 Å². The van der Waals surface area contributed by atoms with Crippen molar-refractivity contribution < 1.29 is 14.4 Å². The fraction of sp³-hybridized carbons (Fsp3) is 0.375. The molecule has 2 heterocycles. The lowest BCUT2D eigenvalue weighted by atomic mass is 9.92. The normalized spacial score (nSPS) is 22.3. The molecular formula is C24H25ClN4O3. The number of hydrogen-bond acceptors (Lipinski definition) is 4. The lowest BCUT2D eigenvalue weighted by Crippen LogP contribution is -2.43. The maximum atomic E-state index is 13.3. The number of carbonyl (C=O) groups is 3. The Hall–Kier alpha value is -3.06. The molecule has 2 aliphatic heterocycles. The van der Waals surface area contributed by atoms with Crippen molar-refractivity contribution in [2.45, 2.75) is 37.6 Å². The van der Waals surface area contributed by atoms with Crippen molar-refractivity contribution in [2.24, 2.45) is 0 Å². The van der Waals surface area contributed by atoms with E-state index in [4.69, 9.17) is 11.6 Å². The zero-order chi connectivity index (χ0) is 22.3. The summed E-state index contributed by atoms with van der Waals surface area (Å²) in [5, 5.41) is 6.24. The average Bonchev–Trinajstić information content (AvgIpc) is 3.28. The number of piperidine rings is 1. The Morgan fingerprint density at radius 1 is 1.09 bits per heavy atom. The molecule has 0 aromatic heterocycles. The maximum Gasteiger partial charge on any atom is 0.325 e. The van der Waals surface area contributed by atoms with Gasteiger partial charge in [-0.3, -0.25) is 14.5 Å². The number of amides is 4. The van der Waals surface area contributed by atoms with Crippen molar-refractivity contribution in [3.8, 4) is 0 Å². The summed E-state index contributed by atoms with van der Waals surface area (Å²) in [5.74, 6) is -0.803. The van der Waals surface area contributed by atoms with Crippen molar-refractivity contribution in [1.29, 1.82) is 0 Å². The zero-order valence-electron chi connectivity index (χ0n) is 17.7. The van der Waals surface area contributed by atoms with E-state index in [9.17, 15) is 14.4 Å². The van der Waals surface area contributed by atoms with E-state index in [1.807, 2.05) is 30.3 Å². The van der Waals surface area contributed by atoms with E-state index in [0.29, 0.717) is 23.6 Å². The maximum absolute atomic E-state index is 13.3.